The van der Waals surface area contributed by atoms with Gasteiger partial charge in [0.25, 0.3) is 11.8 Å². The first-order valence-electron chi connectivity index (χ1n) is 10.4. The van der Waals surface area contributed by atoms with Gasteiger partial charge in [0.05, 0.1) is 11.3 Å². The lowest BCUT2D eigenvalue weighted by molar-refractivity contribution is 0.102. The summed E-state index contributed by atoms with van der Waals surface area (Å²) in [5.74, 6) is 2.23. The van der Waals surface area contributed by atoms with E-state index in [-0.39, 0.29) is 11.8 Å². The Morgan fingerprint density at radius 2 is 1.61 bits per heavy atom. The highest BCUT2D eigenvalue weighted by Crippen LogP contribution is 2.19. The van der Waals surface area contributed by atoms with E-state index < -0.39 is 0 Å². The number of thioether (sulfide) groups is 1. The third-order valence-electron chi connectivity index (χ3n) is 5.14. The Morgan fingerprint density at radius 3 is 2.30 bits per heavy atom. The van der Waals surface area contributed by atoms with Gasteiger partial charge >= 0.3 is 0 Å². The number of anilines is 2. The fourth-order valence-electron chi connectivity index (χ4n) is 3.37. The van der Waals surface area contributed by atoms with E-state index in [1.165, 1.54) is 0 Å². The van der Waals surface area contributed by atoms with Crippen molar-refractivity contribution in [1.82, 2.24) is 9.88 Å². The molecule has 0 aliphatic carbocycles. The minimum Gasteiger partial charge on any atom is -0.355 e. The first kappa shape index (κ1) is 23.0. The van der Waals surface area contributed by atoms with Gasteiger partial charge in [-0.15, -0.1) is 0 Å². The maximum absolute atomic E-state index is 12.8. The van der Waals surface area contributed by atoms with Gasteiger partial charge < -0.3 is 15.5 Å². The number of amidine groups is 1. The molecule has 1 aromatic heterocycles. The van der Waals surface area contributed by atoms with E-state index in [4.69, 9.17) is 5.41 Å². The summed E-state index contributed by atoms with van der Waals surface area (Å²) in [4.78, 5) is 31.8. The number of hydrogen-bond acceptors (Lipinski definition) is 5. The largest absolute Gasteiger partial charge is 0.355 e. The van der Waals surface area contributed by atoms with Crippen LogP contribution in [0.2, 0.25) is 0 Å². The predicted octanol–water partition coefficient (Wildman–Crippen LogP) is 4.72. The molecular formula is C24H22BrN5O2S. The van der Waals surface area contributed by atoms with Crippen molar-refractivity contribution in [2.24, 2.45) is 0 Å². The molecule has 2 heterocycles. The van der Waals surface area contributed by atoms with Gasteiger partial charge in [0.1, 0.15) is 11.7 Å². The molecule has 0 spiro atoms. The number of nitrogens with zero attached hydrogens (tertiary/aromatic N) is 2. The van der Waals surface area contributed by atoms with E-state index in [2.05, 4.69) is 36.4 Å². The Kier molecular flexibility index (Phi) is 7.41. The third kappa shape index (κ3) is 5.80. The molecule has 2 aromatic carbocycles. The molecule has 0 unspecified atom stereocenters. The molecule has 0 atom stereocenters. The molecule has 4 rings (SSSR count). The second kappa shape index (κ2) is 10.6. The van der Waals surface area contributed by atoms with Gasteiger partial charge in [-0.3, -0.25) is 15.0 Å². The maximum Gasteiger partial charge on any atom is 0.258 e. The Morgan fingerprint density at radius 1 is 0.909 bits per heavy atom. The molecule has 1 aliphatic rings. The summed E-state index contributed by atoms with van der Waals surface area (Å²) in [5.41, 5.74) is 1.96. The summed E-state index contributed by atoms with van der Waals surface area (Å²) in [7, 11) is 0. The van der Waals surface area contributed by atoms with Crippen molar-refractivity contribution < 1.29 is 9.59 Å². The van der Waals surface area contributed by atoms with Gasteiger partial charge in [-0.25, -0.2) is 4.98 Å². The molecule has 2 amide bonds. The number of para-hydroxylation sites is 1. The normalized spacial score (nSPS) is 13.3. The highest BCUT2D eigenvalue weighted by atomic mass is 79.9. The van der Waals surface area contributed by atoms with Gasteiger partial charge in [0, 0.05) is 46.4 Å². The maximum atomic E-state index is 12.8. The molecular weight excluding hydrogens is 502 g/mol. The molecule has 1 saturated heterocycles. The van der Waals surface area contributed by atoms with Crippen molar-refractivity contribution in [1.29, 1.82) is 5.41 Å². The monoisotopic (exact) mass is 523 g/mol. The molecule has 9 heteroatoms. The third-order valence-corrected chi connectivity index (χ3v) is 6.55. The molecule has 3 aromatic rings. The Bertz CT molecular complexity index is 1160. The number of carbonyl (C=O) groups is 2. The fraction of sp³-hybridized carbons (Fsp3) is 0.167. The van der Waals surface area contributed by atoms with Crippen molar-refractivity contribution in [2.75, 3.05) is 35.2 Å². The van der Waals surface area contributed by atoms with Gasteiger partial charge in [-0.2, -0.15) is 11.8 Å². The zero-order valence-corrected chi connectivity index (χ0v) is 20.1. The highest BCUT2D eigenvalue weighted by molar-refractivity contribution is 9.10. The number of aromatic nitrogens is 1. The Labute approximate surface area is 204 Å². The van der Waals surface area contributed by atoms with Crippen LogP contribution in [-0.4, -0.2) is 52.1 Å². The van der Waals surface area contributed by atoms with Crippen LogP contribution in [0.5, 0.6) is 0 Å². The van der Waals surface area contributed by atoms with E-state index in [9.17, 15) is 9.59 Å². The second-order valence-corrected chi connectivity index (χ2v) is 9.48. The smallest absolute Gasteiger partial charge is 0.258 e. The molecule has 168 valence electrons. The minimum atomic E-state index is -0.371. The molecule has 0 saturated carbocycles. The number of rotatable bonds is 5. The van der Waals surface area contributed by atoms with Gasteiger partial charge in [0.15, 0.2) is 0 Å². The molecule has 0 bridgehead atoms. The number of carbonyl (C=O) groups excluding carboxylic acids is 2. The minimum absolute atomic E-state index is 0.329. The van der Waals surface area contributed by atoms with Crippen molar-refractivity contribution in [3.63, 3.8) is 0 Å². The lowest BCUT2D eigenvalue weighted by atomic mass is 10.1. The number of pyridine rings is 1. The molecule has 7 nitrogen and oxygen atoms in total. The van der Waals surface area contributed by atoms with E-state index in [1.807, 2.05) is 11.8 Å². The van der Waals surface area contributed by atoms with Gasteiger partial charge in [0.2, 0.25) is 0 Å². The van der Waals surface area contributed by atoms with Crippen LogP contribution in [-0.2, 0) is 0 Å². The molecule has 3 N–H and O–H groups in total. The highest BCUT2D eigenvalue weighted by Gasteiger charge is 2.17. The molecule has 33 heavy (non-hydrogen) atoms. The van der Waals surface area contributed by atoms with E-state index in [0.29, 0.717) is 28.5 Å². The molecule has 1 aliphatic heterocycles. The fourth-order valence-corrected chi connectivity index (χ4v) is 4.50. The molecule has 1 fully saturated rings. The number of nitrogens with one attached hydrogen (secondary N) is 3. The first-order valence-corrected chi connectivity index (χ1v) is 12.3. The quantitative estimate of drug-likeness (QED) is 0.332. The average molecular weight is 524 g/mol. The summed E-state index contributed by atoms with van der Waals surface area (Å²) in [6.07, 6.45) is 1.59. The van der Waals surface area contributed by atoms with Crippen LogP contribution in [0.15, 0.2) is 71.3 Å². The first-order chi connectivity index (χ1) is 16.0. The predicted molar refractivity (Wildman–Crippen MR) is 136 cm³/mol. The number of benzene rings is 2. The summed E-state index contributed by atoms with van der Waals surface area (Å²) in [6.45, 7) is 1.72. The van der Waals surface area contributed by atoms with Crippen LogP contribution in [0.1, 0.15) is 26.3 Å². The van der Waals surface area contributed by atoms with Crippen LogP contribution in [0.3, 0.4) is 0 Å². The second-order valence-electron chi connectivity index (χ2n) is 7.34. The van der Waals surface area contributed by atoms with Crippen molar-refractivity contribution in [3.8, 4) is 0 Å². The summed E-state index contributed by atoms with van der Waals surface area (Å²) >= 11 is 5.21. The number of halogens is 1. The van der Waals surface area contributed by atoms with E-state index in [1.54, 1.807) is 66.9 Å². The standard InChI is InChI=1S/C24H22BrN5O2S/c25-18-9-10-21(27-15-18)29-24(32)19-3-1-2-4-20(19)28-23(31)17-7-5-16(6-8-17)22(26)30-11-13-33-14-12-30/h1-10,15,26H,11-14H2,(H,28,31)(H,27,29,32). The van der Waals surface area contributed by atoms with Crippen LogP contribution >= 0.6 is 27.7 Å². The molecule has 0 radical (unpaired) electrons. The summed E-state index contributed by atoms with van der Waals surface area (Å²) in [5, 5.41) is 14.0. The van der Waals surface area contributed by atoms with Crippen molar-refractivity contribution >= 4 is 56.8 Å². The van der Waals surface area contributed by atoms with Crippen molar-refractivity contribution in [2.45, 2.75) is 0 Å². The number of amides is 2. The van der Waals surface area contributed by atoms with Gasteiger partial charge in [-0.05, 0) is 52.3 Å². The van der Waals surface area contributed by atoms with Gasteiger partial charge in [-0.1, -0.05) is 24.3 Å². The van der Waals surface area contributed by atoms with E-state index >= 15 is 0 Å². The van der Waals surface area contributed by atoms with Crippen LogP contribution in [0, 0.1) is 5.41 Å². The van der Waals surface area contributed by atoms with Crippen LogP contribution in [0.4, 0.5) is 11.5 Å². The lowest BCUT2D eigenvalue weighted by Crippen LogP contribution is -2.37. The zero-order valence-electron chi connectivity index (χ0n) is 17.7. The zero-order chi connectivity index (χ0) is 23.2. The van der Waals surface area contributed by atoms with E-state index in [0.717, 1.165) is 34.6 Å². The van der Waals surface area contributed by atoms with Crippen LogP contribution in [0.25, 0.3) is 0 Å². The lowest BCUT2D eigenvalue weighted by Gasteiger charge is -2.28. The topological polar surface area (TPSA) is 98.2 Å². The van der Waals surface area contributed by atoms with Crippen molar-refractivity contribution in [3.05, 3.63) is 88.0 Å². The SMILES string of the molecule is N=C(c1ccc(C(=O)Nc2ccccc2C(=O)Nc2ccc(Br)cn2)cc1)N1CCSCC1. The Balaban J connectivity index is 1.44. The van der Waals surface area contributed by atoms with Crippen LogP contribution < -0.4 is 10.6 Å². The summed E-state index contributed by atoms with van der Waals surface area (Å²) < 4.78 is 0.809. The summed E-state index contributed by atoms with van der Waals surface area (Å²) in [6, 6.07) is 17.3. The number of hydrogen-bond donors (Lipinski definition) is 3. The Hall–Kier alpha value is -3.17. The average Bonchev–Trinajstić information content (AvgIpc) is 2.86.